The van der Waals surface area contributed by atoms with E-state index < -0.39 is 11.0 Å². The maximum Gasteiger partial charge on any atom is 0.169 e. The Morgan fingerprint density at radius 1 is 1.24 bits per heavy atom. The first-order chi connectivity index (χ1) is 17.9. The van der Waals surface area contributed by atoms with Crippen molar-refractivity contribution >= 4 is 45.6 Å². The third-order valence-electron chi connectivity index (χ3n) is 7.42. The van der Waals surface area contributed by atoms with Gasteiger partial charge in [-0.25, -0.2) is 4.98 Å². The Balaban J connectivity index is 0.000000617. The average Bonchev–Trinajstić information content (AvgIpc) is 3.81. The third-order valence-corrected chi connectivity index (χ3v) is 9.46. The summed E-state index contributed by atoms with van der Waals surface area (Å²) in [4.78, 5) is 17.2. The summed E-state index contributed by atoms with van der Waals surface area (Å²) in [6.45, 7) is 7.54. The maximum absolute atomic E-state index is 11.6. The van der Waals surface area contributed by atoms with Crippen LogP contribution in [0.2, 0.25) is 0 Å². The highest BCUT2D eigenvalue weighted by molar-refractivity contribution is 8.26. The number of thioether (sulfide) groups is 1. The van der Waals surface area contributed by atoms with Gasteiger partial charge in [0.15, 0.2) is 5.82 Å². The molecule has 2 saturated carbocycles. The highest BCUT2D eigenvalue weighted by atomic mass is 32.2. The van der Waals surface area contributed by atoms with E-state index in [1.807, 2.05) is 24.4 Å². The van der Waals surface area contributed by atoms with E-state index in [0.29, 0.717) is 31.5 Å². The zero-order valence-corrected chi connectivity index (χ0v) is 24.1. The van der Waals surface area contributed by atoms with Gasteiger partial charge in [-0.2, -0.15) is 5.26 Å². The average molecular weight is 556 g/mol. The van der Waals surface area contributed by atoms with Crippen LogP contribution < -0.4 is 4.72 Å². The molecule has 0 bridgehead atoms. The lowest BCUT2D eigenvalue weighted by Crippen LogP contribution is -2.41. The summed E-state index contributed by atoms with van der Waals surface area (Å²) in [7, 11) is 2.07. The summed E-state index contributed by atoms with van der Waals surface area (Å²) in [6.07, 6.45) is 9.53. The Morgan fingerprint density at radius 2 is 1.87 bits per heavy atom. The number of hydrogen-bond acceptors (Lipinski definition) is 10. The molecule has 38 heavy (non-hydrogen) atoms. The van der Waals surface area contributed by atoms with Gasteiger partial charge in [-0.3, -0.25) is 19.9 Å². The van der Waals surface area contributed by atoms with E-state index in [1.54, 1.807) is 18.1 Å². The number of nitriles is 1. The van der Waals surface area contributed by atoms with Crippen molar-refractivity contribution in [1.29, 1.82) is 16.1 Å². The molecule has 0 radical (unpaired) electrons. The van der Waals surface area contributed by atoms with E-state index in [1.165, 1.54) is 0 Å². The van der Waals surface area contributed by atoms with Crippen molar-refractivity contribution in [3.8, 4) is 6.07 Å². The van der Waals surface area contributed by atoms with Crippen LogP contribution in [0, 0.1) is 33.5 Å². The molecule has 204 valence electrons. The lowest BCUT2D eigenvalue weighted by Gasteiger charge is -2.37. The Bertz CT molecular complexity index is 1270. The molecule has 4 N–H and O–H groups in total. The molecule has 1 saturated heterocycles. The van der Waals surface area contributed by atoms with Crippen LogP contribution in [-0.2, 0) is 10.4 Å². The molecule has 11 heteroatoms. The van der Waals surface area contributed by atoms with Crippen molar-refractivity contribution in [2.75, 3.05) is 20.1 Å². The first-order valence-electron chi connectivity index (χ1n) is 13.0. The zero-order chi connectivity index (χ0) is 27.7. The number of carbonyl (C=O) groups excluding carboxylic acids is 1. The number of nitrogens with one attached hydrogen (secondary N) is 3. The number of aldehydes is 1. The minimum Gasteiger partial charge on any atom is -0.385 e. The standard InChI is InChI=1S/C23H29N7OS2.C4H8O/c1-21(3-4-21)28-33-15-11-16(23(31)7-9-29(2)10-8-23)17-12-27-19(30(17)13-15)18(25)32-20(26)22(14-24)5-6-22;1-4(2)3-5/h11-13,25-26,28,31H,3-10H2,1-2H3;3-4H,1-2H3. The molecule has 3 heterocycles. The summed E-state index contributed by atoms with van der Waals surface area (Å²) in [5.41, 5.74) is 0.105. The van der Waals surface area contributed by atoms with Crippen molar-refractivity contribution in [2.45, 2.75) is 75.3 Å². The van der Waals surface area contributed by atoms with Gasteiger partial charge in [0, 0.05) is 41.2 Å². The van der Waals surface area contributed by atoms with Crippen molar-refractivity contribution in [1.82, 2.24) is 19.0 Å². The molecule has 5 rings (SSSR count). The number of imidazole rings is 1. The van der Waals surface area contributed by atoms with Crippen LogP contribution in [0.3, 0.4) is 0 Å². The lowest BCUT2D eigenvalue weighted by molar-refractivity contribution is -0.110. The summed E-state index contributed by atoms with van der Waals surface area (Å²) in [5, 5.41) is 38.4. The van der Waals surface area contributed by atoms with Crippen LogP contribution in [0.1, 0.15) is 70.7 Å². The smallest absolute Gasteiger partial charge is 0.169 e. The fourth-order valence-electron chi connectivity index (χ4n) is 4.16. The predicted octanol–water partition coefficient (Wildman–Crippen LogP) is 4.58. The van der Waals surface area contributed by atoms with Crippen LogP contribution in [-0.4, -0.2) is 61.4 Å². The molecule has 3 aliphatic rings. The van der Waals surface area contributed by atoms with Crippen molar-refractivity contribution in [3.63, 3.8) is 0 Å². The lowest BCUT2D eigenvalue weighted by atomic mass is 9.84. The SMILES string of the molecule is CC(C)C=O.CN1CCC(O)(c2cc(SNC3(C)CC3)cn3c(C(=N)SC(=N)C4(C#N)CC4)ncc23)CC1. The first-order valence-corrected chi connectivity index (χ1v) is 14.7. The highest BCUT2D eigenvalue weighted by Crippen LogP contribution is 2.49. The molecular formula is C27H37N7O2S2. The van der Waals surface area contributed by atoms with Gasteiger partial charge in [0.2, 0.25) is 0 Å². The van der Waals surface area contributed by atoms with Gasteiger partial charge in [-0.05, 0) is 70.5 Å². The largest absolute Gasteiger partial charge is 0.385 e. The predicted molar refractivity (Wildman–Crippen MR) is 153 cm³/mol. The fourth-order valence-corrected chi connectivity index (χ4v) is 5.95. The van der Waals surface area contributed by atoms with E-state index in [-0.39, 0.29) is 21.5 Å². The molecule has 2 aromatic heterocycles. The van der Waals surface area contributed by atoms with Crippen molar-refractivity contribution in [3.05, 3.63) is 29.8 Å². The van der Waals surface area contributed by atoms with Gasteiger partial charge in [0.1, 0.15) is 16.7 Å². The summed E-state index contributed by atoms with van der Waals surface area (Å²) in [6, 6.07) is 4.29. The number of nitrogens with zero attached hydrogens (tertiary/aromatic N) is 4. The van der Waals surface area contributed by atoms with Crippen molar-refractivity contribution in [2.24, 2.45) is 11.3 Å². The summed E-state index contributed by atoms with van der Waals surface area (Å²) in [5.74, 6) is 0.640. The van der Waals surface area contributed by atoms with Crippen LogP contribution in [0.15, 0.2) is 23.4 Å². The number of pyridine rings is 1. The fraction of sp³-hybridized carbons (Fsp3) is 0.593. The number of rotatable bonds is 7. The second kappa shape index (κ2) is 11.1. The normalized spacial score (nSPS) is 20.8. The number of hydrogen-bond donors (Lipinski definition) is 4. The Hall–Kier alpha value is -2.23. The molecule has 0 atom stereocenters. The number of aromatic nitrogens is 2. The second-order valence-corrected chi connectivity index (χ2v) is 13.3. The van der Waals surface area contributed by atoms with Gasteiger partial charge < -0.3 is 14.8 Å². The maximum atomic E-state index is 11.6. The molecule has 0 unspecified atom stereocenters. The van der Waals surface area contributed by atoms with E-state index in [4.69, 9.17) is 10.8 Å². The summed E-state index contributed by atoms with van der Waals surface area (Å²) < 4.78 is 5.41. The van der Waals surface area contributed by atoms with E-state index >= 15 is 0 Å². The van der Waals surface area contributed by atoms with Gasteiger partial charge >= 0.3 is 0 Å². The molecule has 2 aliphatic carbocycles. The Morgan fingerprint density at radius 3 is 2.39 bits per heavy atom. The van der Waals surface area contributed by atoms with E-state index in [0.717, 1.165) is 60.0 Å². The van der Waals surface area contributed by atoms with Gasteiger partial charge in [-0.15, -0.1) is 0 Å². The number of piperidine rings is 1. The topological polar surface area (TPSA) is 141 Å². The highest BCUT2D eigenvalue weighted by Gasteiger charge is 2.48. The van der Waals surface area contributed by atoms with Crippen LogP contribution in [0.5, 0.6) is 0 Å². The Kier molecular flexibility index (Phi) is 8.40. The van der Waals surface area contributed by atoms with Gasteiger partial charge in [0.05, 0.1) is 28.4 Å². The number of aliphatic hydroxyl groups is 1. The minimum atomic E-state index is -0.952. The third kappa shape index (κ3) is 6.32. The molecule has 3 fully saturated rings. The molecule has 9 nitrogen and oxygen atoms in total. The molecule has 0 aromatic carbocycles. The van der Waals surface area contributed by atoms with E-state index in [9.17, 15) is 15.2 Å². The van der Waals surface area contributed by atoms with Gasteiger partial charge in [0.25, 0.3) is 0 Å². The summed E-state index contributed by atoms with van der Waals surface area (Å²) >= 11 is 2.56. The van der Waals surface area contributed by atoms with E-state index in [2.05, 4.69) is 40.7 Å². The molecule has 0 amide bonds. The Labute approximate surface area is 232 Å². The number of likely N-dealkylation sites (tertiary alicyclic amines) is 1. The second-order valence-electron chi connectivity index (χ2n) is 11.4. The minimum absolute atomic E-state index is 0.145. The quantitative estimate of drug-likeness (QED) is 0.168. The number of fused-ring (bicyclic) bond motifs is 1. The van der Waals surface area contributed by atoms with Crippen LogP contribution >= 0.6 is 23.7 Å². The molecule has 0 spiro atoms. The van der Waals surface area contributed by atoms with Crippen molar-refractivity contribution < 1.29 is 9.90 Å². The van der Waals surface area contributed by atoms with Crippen LogP contribution in [0.4, 0.5) is 0 Å². The molecule has 2 aromatic rings. The molecular weight excluding hydrogens is 518 g/mol. The van der Waals surface area contributed by atoms with Crippen LogP contribution in [0.25, 0.3) is 5.52 Å². The monoisotopic (exact) mass is 555 g/mol. The number of carbonyl (C=O) groups is 1. The molecule has 1 aliphatic heterocycles. The zero-order valence-electron chi connectivity index (χ0n) is 22.5. The van der Waals surface area contributed by atoms with Gasteiger partial charge in [-0.1, -0.05) is 25.6 Å². The first kappa shape index (κ1) is 28.8.